The lowest BCUT2D eigenvalue weighted by atomic mass is 11.8. The van der Waals surface area contributed by atoms with Crippen molar-refractivity contribution in [3.8, 4) is 4.08 Å². The number of rotatable bonds is 0. The molecule has 0 atom stereocenters. The van der Waals surface area contributed by atoms with Gasteiger partial charge in [-0.3, -0.25) is 0 Å². The topological polar surface area (TPSA) is 57.9 Å². The van der Waals surface area contributed by atoms with E-state index >= 15 is 0 Å². The van der Waals surface area contributed by atoms with Crippen molar-refractivity contribution in [2.24, 2.45) is 0 Å². The molecule has 0 aromatic heterocycles. The molecule has 28 valence electrons. The third-order valence-electron chi connectivity index (χ3n) is 0.0690. The molecule has 0 spiro atoms. The zero-order valence-corrected chi connectivity index (χ0v) is 4.30. The molecule has 0 amide bonds. The number of nitriles is 1. The highest BCUT2D eigenvalue weighted by atomic mass is 127. The molecule has 0 saturated carbocycles. The maximum atomic E-state index is 9.14. The van der Waals surface area contributed by atoms with E-state index < -0.39 is 19.8 Å². The van der Waals surface area contributed by atoms with Crippen LogP contribution in [0.15, 0.2) is 0 Å². The predicted octanol–water partition coefficient (Wildman–Crippen LogP) is 0.665. The quantitative estimate of drug-likeness (QED) is 0.521. The Bertz CT molecular complexity index is 110. The molecule has 0 N–H and O–H groups in total. The molecule has 0 aliphatic carbocycles. The molecule has 0 unspecified atom stereocenters. The normalized spacial score (nSPS) is 7.20. The third kappa shape index (κ3) is 3.82. The summed E-state index contributed by atoms with van der Waals surface area (Å²) in [5.74, 6) is 0. The van der Waals surface area contributed by atoms with E-state index in [0.717, 1.165) is 4.08 Å². The summed E-state index contributed by atoms with van der Waals surface area (Å²) in [5, 5.41) is 7.34. The summed E-state index contributed by atoms with van der Waals surface area (Å²) in [6.07, 6.45) is 0. The standard InChI is InChI=1S/CINO2/c3-1-2(4)5. The predicted molar refractivity (Wildman–Crippen MR) is 21.0 cm³/mol. The molecule has 0 rings (SSSR count). The first-order valence-corrected chi connectivity index (χ1v) is 3.56. The molecule has 5 heavy (non-hydrogen) atoms. The van der Waals surface area contributed by atoms with Gasteiger partial charge in [0.05, 0.1) is 0 Å². The molecule has 0 aromatic rings. The Hall–Kier alpha value is -0.180. The van der Waals surface area contributed by atoms with Crippen molar-refractivity contribution in [3.63, 3.8) is 0 Å². The number of hydrogen-bond donors (Lipinski definition) is 0. The van der Waals surface area contributed by atoms with Crippen molar-refractivity contribution in [1.82, 2.24) is 0 Å². The molecule has 0 radical (unpaired) electrons. The van der Waals surface area contributed by atoms with Gasteiger partial charge in [-0.1, -0.05) is 0 Å². The van der Waals surface area contributed by atoms with E-state index in [9.17, 15) is 0 Å². The average Bonchev–Trinajstić information content (AvgIpc) is 1.38. The van der Waals surface area contributed by atoms with Crippen molar-refractivity contribution < 1.29 is 6.14 Å². The number of nitrogens with zero attached hydrogens (tertiary/aromatic N) is 1. The van der Waals surface area contributed by atoms with Crippen molar-refractivity contribution >= 4 is 19.8 Å². The van der Waals surface area contributed by atoms with Crippen molar-refractivity contribution in [1.29, 1.82) is 5.26 Å². The van der Waals surface area contributed by atoms with Crippen LogP contribution in [-0.2, 0) is 6.14 Å². The Morgan fingerprint density at radius 2 is 1.80 bits per heavy atom. The lowest BCUT2D eigenvalue weighted by Gasteiger charge is -1.31. The van der Waals surface area contributed by atoms with Gasteiger partial charge in [0.15, 0.2) is 0 Å². The van der Waals surface area contributed by atoms with Gasteiger partial charge in [0, 0.05) is 0 Å². The molecular formula is CINO2. The van der Waals surface area contributed by atoms with Gasteiger partial charge in [-0.05, 0) is 0 Å². The second-order valence-electron chi connectivity index (χ2n) is 0.302. The molecule has 0 aliphatic rings. The van der Waals surface area contributed by atoms with Gasteiger partial charge in [-0.2, -0.15) is 5.26 Å². The summed E-state index contributed by atoms with van der Waals surface area (Å²) in [6, 6.07) is 0. The van der Waals surface area contributed by atoms with Gasteiger partial charge < -0.3 is 0 Å². The first-order valence-electron chi connectivity index (χ1n) is 0.721. The molecule has 0 aliphatic heterocycles. The Morgan fingerprint density at radius 3 is 1.80 bits per heavy atom. The van der Waals surface area contributed by atoms with Crippen LogP contribution in [0.4, 0.5) is 0 Å². The van der Waals surface area contributed by atoms with E-state index in [0.29, 0.717) is 0 Å². The highest BCUT2D eigenvalue weighted by Gasteiger charge is 1.70. The SMILES string of the molecule is N#CI(=O)=O. The van der Waals surface area contributed by atoms with Crippen molar-refractivity contribution in [2.75, 3.05) is 0 Å². The third-order valence-corrected chi connectivity index (χ3v) is 0.463. The fraction of sp³-hybridized carbons (Fsp3) is 0. The molecule has 0 bridgehead atoms. The van der Waals surface area contributed by atoms with Gasteiger partial charge in [0.25, 0.3) is 0 Å². The molecular weight excluding hydrogens is 185 g/mol. The van der Waals surface area contributed by atoms with Crippen LogP contribution in [0.3, 0.4) is 0 Å². The van der Waals surface area contributed by atoms with E-state index in [1.165, 1.54) is 0 Å². The summed E-state index contributed by atoms with van der Waals surface area (Å²) in [6.45, 7) is 0. The van der Waals surface area contributed by atoms with E-state index in [4.69, 9.17) is 11.4 Å². The van der Waals surface area contributed by atoms with Gasteiger partial charge >= 0.3 is 19.8 Å². The molecule has 0 fully saturated rings. The number of halogens is 1. The minimum atomic E-state index is -3.48. The van der Waals surface area contributed by atoms with Gasteiger partial charge in [0.2, 0.25) is 4.08 Å². The maximum absolute atomic E-state index is 9.14. The van der Waals surface area contributed by atoms with Crippen molar-refractivity contribution in [3.05, 3.63) is 0 Å². The second kappa shape index (κ2) is 2.08. The van der Waals surface area contributed by atoms with Crippen LogP contribution in [-0.4, -0.2) is 0 Å². The number of hydrogen-bond acceptors (Lipinski definition) is 3. The highest BCUT2D eigenvalue weighted by Crippen LogP contribution is 1.94. The van der Waals surface area contributed by atoms with Gasteiger partial charge in [0.1, 0.15) is 0 Å². The zero-order chi connectivity index (χ0) is 4.28. The van der Waals surface area contributed by atoms with E-state index in [2.05, 4.69) is 0 Å². The first kappa shape index (κ1) is 4.82. The van der Waals surface area contributed by atoms with Crippen molar-refractivity contribution in [2.45, 2.75) is 0 Å². The van der Waals surface area contributed by atoms with Crippen LogP contribution < -0.4 is 0 Å². The smallest absolute Gasteiger partial charge is 0.219 e. The first-order chi connectivity index (χ1) is 2.27. The molecule has 0 aromatic carbocycles. The van der Waals surface area contributed by atoms with Crippen LogP contribution in [0.1, 0.15) is 0 Å². The maximum Gasteiger partial charge on any atom is 0.415 e. The lowest BCUT2D eigenvalue weighted by Crippen LogP contribution is -1.17. The lowest BCUT2D eigenvalue weighted by molar-refractivity contribution is 0.611. The molecule has 3 nitrogen and oxygen atoms in total. The fourth-order valence-corrected chi connectivity index (χ4v) is 0. The molecule has 4 heteroatoms. The summed E-state index contributed by atoms with van der Waals surface area (Å²) < 4.78 is 19.3. The van der Waals surface area contributed by atoms with Crippen LogP contribution in [0, 0.1) is 9.34 Å². The van der Waals surface area contributed by atoms with Gasteiger partial charge in [-0.15, -0.1) is 0 Å². The van der Waals surface area contributed by atoms with Crippen LogP contribution in [0.25, 0.3) is 0 Å². The minimum absolute atomic E-state index is 1.07. The van der Waals surface area contributed by atoms with E-state index in [1.807, 2.05) is 0 Å². The minimum Gasteiger partial charge on any atom is -0.219 e. The Kier molecular flexibility index (Phi) is 2.01. The summed E-state index contributed by atoms with van der Waals surface area (Å²) in [7, 11) is 0. The van der Waals surface area contributed by atoms with Crippen LogP contribution in [0.2, 0.25) is 0 Å². The second-order valence-corrected chi connectivity index (χ2v) is 2.02. The highest BCUT2D eigenvalue weighted by molar-refractivity contribution is 14.2. The average molecular weight is 185 g/mol. The Labute approximate surface area is 35.7 Å². The van der Waals surface area contributed by atoms with E-state index in [-0.39, 0.29) is 0 Å². The largest absolute Gasteiger partial charge is 0.415 e. The summed E-state index contributed by atoms with van der Waals surface area (Å²) in [5.41, 5.74) is 0. The van der Waals surface area contributed by atoms with Gasteiger partial charge in [-0.25, -0.2) is 6.14 Å². The monoisotopic (exact) mass is 185 g/mol. The summed E-state index contributed by atoms with van der Waals surface area (Å²) >= 11 is -3.48. The fourth-order valence-electron chi connectivity index (χ4n) is 0. The zero-order valence-electron chi connectivity index (χ0n) is 2.14. The molecule has 0 saturated heterocycles. The summed E-state index contributed by atoms with van der Waals surface area (Å²) in [4.78, 5) is 0. The Balaban J connectivity index is 3.88. The molecule has 0 heterocycles. The van der Waals surface area contributed by atoms with E-state index in [1.54, 1.807) is 0 Å². The van der Waals surface area contributed by atoms with Crippen LogP contribution in [0.5, 0.6) is 0 Å². The van der Waals surface area contributed by atoms with Crippen LogP contribution >= 0.6 is 19.8 Å². The Morgan fingerprint density at radius 1 is 1.60 bits per heavy atom.